The van der Waals surface area contributed by atoms with Gasteiger partial charge in [-0.25, -0.2) is 13.4 Å². The summed E-state index contributed by atoms with van der Waals surface area (Å²) in [6.07, 6.45) is 1.22. The van der Waals surface area contributed by atoms with E-state index in [4.69, 9.17) is 16.3 Å². The number of piperidine rings is 1. The second-order valence-electron chi connectivity index (χ2n) is 5.85. The van der Waals surface area contributed by atoms with Crippen molar-refractivity contribution in [1.82, 2.24) is 9.29 Å². The van der Waals surface area contributed by atoms with E-state index < -0.39 is 10.0 Å². The molecule has 0 bridgehead atoms. The lowest BCUT2D eigenvalue weighted by atomic mass is 10.1. The van der Waals surface area contributed by atoms with Crippen LogP contribution in [-0.4, -0.2) is 36.9 Å². The second kappa shape index (κ2) is 7.37. The number of hydrogen-bond acceptors (Lipinski definition) is 6. The zero-order valence-corrected chi connectivity index (χ0v) is 18.2. The van der Waals surface area contributed by atoms with E-state index in [0.717, 1.165) is 14.0 Å². The zero-order valence-electron chi connectivity index (χ0n) is 13.4. The molecule has 0 amide bonds. The van der Waals surface area contributed by atoms with E-state index >= 15 is 0 Å². The van der Waals surface area contributed by atoms with Crippen LogP contribution in [0.5, 0.6) is 5.19 Å². The minimum absolute atomic E-state index is 0.0455. The molecule has 1 fully saturated rings. The van der Waals surface area contributed by atoms with Gasteiger partial charge in [0, 0.05) is 13.1 Å². The number of sulfonamides is 1. The normalized spacial score (nSPS) is 17.0. The Morgan fingerprint density at radius 2 is 1.96 bits per heavy atom. The fourth-order valence-corrected chi connectivity index (χ4v) is 7.66. The smallest absolute Gasteiger partial charge is 0.274 e. The average Bonchev–Trinajstić information content (AvgIpc) is 3.22. The Morgan fingerprint density at radius 3 is 2.62 bits per heavy atom. The highest BCUT2D eigenvalue weighted by Crippen LogP contribution is 2.34. The molecule has 1 saturated heterocycles. The first-order valence-electron chi connectivity index (χ1n) is 7.91. The van der Waals surface area contributed by atoms with Gasteiger partial charge in [0.2, 0.25) is 0 Å². The topological polar surface area (TPSA) is 59.5 Å². The Labute approximate surface area is 172 Å². The van der Waals surface area contributed by atoms with Crippen LogP contribution in [0.3, 0.4) is 0 Å². The fraction of sp³-hybridized carbons (Fsp3) is 0.312. The van der Waals surface area contributed by atoms with Gasteiger partial charge in [-0.3, -0.25) is 0 Å². The van der Waals surface area contributed by atoms with Gasteiger partial charge in [0.15, 0.2) is 0 Å². The van der Waals surface area contributed by atoms with Gasteiger partial charge < -0.3 is 4.74 Å². The van der Waals surface area contributed by atoms with Crippen molar-refractivity contribution < 1.29 is 13.2 Å². The molecule has 1 aliphatic rings. The van der Waals surface area contributed by atoms with Crippen molar-refractivity contribution in [3.05, 3.63) is 39.1 Å². The number of fused-ring (bicyclic) bond motifs is 1. The zero-order chi connectivity index (χ0) is 18.3. The number of thiazole rings is 1. The van der Waals surface area contributed by atoms with E-state index in [1.807, 2.05) is 12.1 Å². The summed E-state index contributed by atoms with van der Waals surface area (Å²) >= 11 is 12.2. The van der Waals surface area contributed by atoms with Crippen molar-refractivity contribution in [2.75, 3.05) is 13.1 Å². The summed E-state index contributed by atoms with van der Waals surface area (Å²) < 4.78 is 35.0. The maximum Gasteiger partial charge on any atom is 0.274 e. The van der Waals surface area contributed by atoms with Crippen molar-refractivity contribution in [2.24, 2.45) is 0 Å². The van der Waals surface area contributed by atoms with Crippen LogP contribution < -0.4 is 4.74 Å². The van der Waals surface area contributed by atoms with E-state index in [9.17, 15) is 8.42 Å². The third-order valence-electron chi connectivity index (χ3n) is 4.16. The minimum atomic E-state index is -3.43. The van der Waals surface area contributed by atoms with Crippen LogP contribution in [0.15, 0.2) is 38.3 Å². The molecule has 0 unspecified atom stereocenters. The number of benzene rings is 1. The Morgan fingerprint density at radius 1 is 1.19 bits per heavy atom. The third kappa shape index (κ3) is 3.65. The van der Waals surface area contributed by atoms with Crippen molar-refractivity contribution in [3.63, 3.8) is 0 Å². The van der Waals surface area contributed by atoms with Crippen LogP contribution in [0.25, 0.3) is 10.2 Å². The maximum atomic E-state index is 12.7. The van der Waals surface area contributed by atoms with Crippen LogP contribution in [0, 0.1) is 0 Å². The van der Waals surface area contributed by atoms with Crippen molar-refractivity contribution >= 4 is 70.4 Å². The molecule has 1 aliphatic heterocycles. The van der Waals surface area contributed by atoms with Gasteiger partial charge >= 0.3 is 0 Å². The van der Waals surface area contributed by atoms with E-state index in [0.29, 0.717) is 40.4 Å². The summed E-state index contributed by atoms with van der Waals surface area (Å²) in [7, 11) is -3.43. The molecular weight excluding hydrogens is 480 g/mol. The predicted octanol–water partition coefficient (Wildman–Crippen LogP) is 5.01. The first kappa shape index (κ1) is 18.6. The minimum Gasteiger partial charge on any atom is -0.467 e. The largest absolute Gasteiger partial charge is 0.467 e. The third-order valence-corrected chi connectivity index (χ3v) is 9.37. The number of aromatic nitrogens is 1. The lowest BCUT2D eigenvalue weighted by Gasteiger charge is -2.30. The van der Waals surface area contributed by atoms with Crippen molar-refractivity contribution in [3.8, 4) is 5.19 Å². The number of thiophene rings is 1. The number of para-hydroxylation sites is 1. The Balaban J connectivity index is 1.42. The predicted molar refractivity (Wildman–Crippen MR) is 109 cm³/mol. The number of nitrogens with zero attached hydrogens (tertiary/aromatic N) is 2. The van der Waals surface area contributed by atoms with Gasteiger partial charge in [-0.15, -0.1) is 11.3 Å². The van der Waals surface area contributed by atoms with E-state index in [-0.39, 0.29) is 6.10 Å². The molecule has 0 aliphatic carbocycles. The van der Waals surface area contributed by atoms with E-state index in [2.05, 4.69) is 20.9 Å². The number of rotatable bonds is 4. The summed E-state index contributed by atoms with van der Waals surface area (Å²) in [5.74, 6) is 0. The highest BCUT2D eigenvalue weighted by molar-refractivity contribution is 9.11. The summed E-state index contributed by atoms with van der Waals surface area (Å²) in [6, 6.07) is 9.04. The Bertz CT molecular complexity index is 1040. The highest BCUT2D eigenvalue weighted by Gasteiger charge is 2.31. The lowest BCUT2D eigenvalue weighted by Crippen LogP contribution is -2.41. The van der Waals surface area contributed by atoms with Gasteiger partial charge in [-0.2, -0.15) is 4.31 Å². The molecule has 138 valence electrons. The summed E-state index contributed by atoms with van der Waals surface area (Å²) in [6.45, 7) is 0.877. The maximum absolute atomic E-state index is 12.7. The molecule has 4 rings (SSSR count). The first-order valence-corrected chi connectivity index (χ1v) is 12.1. The van der Waals surface area contributed by atoms with Crippen molar-refractivity contribution in [1.29, 1.82) is 0 Å². The molecule has 0 radical (unpaired) electrons. The van der Waals surface area contributed by atoms with Gasteiger partial charge in [0.25, 0.3) is 15.2 Å². The highest BCUT2D eigenvalue weighted by atomic mass is 79.9. The van der Waals surface area contributed by atoms with Crippen LogP contribution in [0.1, 0.15) is 12.8 Å². The summed E-state index contributed by atoms with van der Waals surface area (Å²) in [4.78, 5) is 4.45. The monoisotopic (exact) mass is 492 g/mol. The number of hydrogen-bond donors (Lipinski definition) is 0. The van der Waals surface area contributed by atoms with Gasteiger partial charge in [-0.05, 0) is 53.0 Å². The second-order valence-corrected chi connectivity index (χ2v) is 11.9. The van der Waals surface area contributed by atoms with Gasteiger partial charge in [0.05, 0.1) is 13.5 Å². The molecule has 10 heteroatoms. The molecule has 5 nitrogen and oxygen atoms in total. The van der Waals surface area contributed by atoms with Crippen LogP contribution in [-0.2, 0) is 10.0 Å². The van der Waals surface area contributed by atoms with Crippen LogP contribution >= 0.6 is 50.2 Å². The molecule has 0 atom stereocenters. The Kier molecular flexibility index (Phi) is 5.28. The molecule has 1 aromatic carbocycles. The molecular formula is C16H14BrClN2O3S3. The molecule has 0 spiro atoms. The standard InChI is InChI=1S/C16H14BrClN2O3S3/c17-13-4-5-14(25-13)26(21,22)20-8-6-10(7-9-20)23-16-19-15-11(18)2-1-3-12(15)24-16/h1-5,10H,6-9H2. The Hall–Kier alpha value is -0.710. The lowest BCUT2D eigenvalue weighted by molar-refractivity contribution is 0.135. The number of ether oxygens (including phenoxy) is 1. The molecule has 0 N–H and O–H groups in total. The number of halogens is 2. The molecule has 26 heavy (non-hydrogen) atoms. The summed E-state index contributed by atoms with van der Waals surface area (Å²) in [5.41, 5.74) is 0.748. The van der Waals surface area contributed by atoms with Crippen LogP contribution in [0.2, 0.25) is 5.02 Å². The molecule has 0 saturated carbocycles. The molecule has 3 aromatic rings. The first-order chi connectivity index (χ1) is 12.4. The fourth-order valence-electron chi connectivity index (χ4n) is 2.84. The summed E-state index contributed by atoms with van der Waals surface area (Å²) in [5, 5.41) is 1.19. The SMILES string of the molecule is O=S(=O)(c1ccc(Br)s1)N1CCC(Oc2nc3c(Cl)cccc3s2)CC1. The van der Waals surface area contributed by atoms with E-state index in [1.165, 1.54) is 27.0 Å². The average molecular weight is 494 g/mol. The van der Waals surface area contributed by atoms with E-state index in [1.54, 1.807) is 18.2 Å². The van der Waals surface area contributed by atoms with Crippen LogP contribution in [0.4, 0.5) is 0 Å². The molecule has 3 heterocycles. The quantitative estimate of drug-likeness (QED) is 0.513. The molecule has 2 aromatic heterocycles. The van der Waals surface area contributed by atoms with Gasteiger partial charge in [0.1, 0.15) is 15.8 Å². The van der Waals surface area contributed by atoms with Crippen molar-refractivity contribution in [2.45, 2.75) is 23.2 Å². The van der Waals surface area contributed by atoms with Gasteiger partial charge in [-0.1, -0.05) is 29.0 Å².